The molecule has 2 N–H and O–H groups in total. The van der Waals surface area contributed by atoms with Crippen LogP contribution in [0.5, 0.6) is 5.75 Å². The van der Waals surface area contributed by atoms with E-state index in [1.807, 2.05) is 30.3 Å². The number of anilines is 1. The van der Waals surface area contributed by atoms with Crippen molar-refractivity contribution in [3.8, 4) is 5.75 Å². The van der Waals surface area contributed by atoms with E-state index in [1.54, 1.807) is 42.7 Å². The number of likely N-dealkylation sites (tertiary alicyclic amines) is 1. The van der Waals surface area contributed by atoms with Gasteiger partial charge in [-0.2, -0.15) is 0 Å². The first-order valence-electron chi connectivity index (χ1n) is 10.1. The Kier molecular flexibility index (Phi) is 6.24. The van der Waals surface area contributed by atoms with Gasteiger partial charge in [-0.05, 0) is 47.5 Å². The largest absolute Gasteiger partial charge is 0.488 e. The summed E-state index contributed by atoms with van der Waals surface area (Å²) in [4.78, 5) is 29.4. The van der Waals surface area contributed by atoms with Gasteiger partial charge in [0.15, 0.2) is 0 Å². The minimum Gasteiger partial charge on any atom is -0.488 e. The molecule has 31 heavy (non-hydrogen) atoms. The van der Waals surface area contributed by atoms with Gasteiger partial charge in [-0.15, -0.1) is 0 Å². The maximum atomic E-state index is 12.1. The zero-order chi connectivity index (χ0) is 21.6. The van der Waals surface area contributed by atoms with E-state index in [2.05, 4.69) is 15.2 Å². The minimum absolute atomic E-state index is 0.0942. The van der Waals surface area contributed by atoms with Crippen molar-refractivity contribution in [1.29, 1.82) is 0 Å². The van der Waals surface area contributed by atoms with Gasteiger partial charge in [0.1, 0.15) is 11.9 Å². The number of nitrogens with zero attached hydrogens (tertiary/aromatic N) is 2. The van der Waals surface area contributed by atoms with Crippen LogP contribution in [0.3, 0.4) is 0 Å². The first-order valence-corrected chi connectivity index (χ1v) is 10.1. The van der Waals surface area contributed by atoms with Gasteiger partial charge in [-0.1, -0.05) is 24.3 Å². The van der Waals surface area contributed by atoms with E-state index in [9.17, 15) is 9.59 Å². The van der Waals surface area contributed by atoms with Gasteiger partial charge in [0, 0.05) is 25.8 Å². The van der Waals surface area contributed by atoms with E-state index in [0.717, 1.165) is 30.0 Å². The minimum atomic E-state index is -0.912. The molecule has 1 aromatic heterocycles. The molecule has 0 bridgehead atoms. The molecule has 0 spiro atoms. The Hall–Kier alpha value is -3.71. The average Bonchev–Trinajstić information content (AvgIpc) is 2.74. The predicted octanol–water partition coefficient (Wildman–Crippen LogP) is 3.22. The lowest BCUT2D eigenvalue weighted by atomic mass is 10.1. The topological polar surface area (TPSA) is 91.8 Å². The molecule has 1 fully saturated rings. The molecule has 7 nitrogen and oxygen atoms in total. The highest BCUT2D eigenvalue weighted by atomic mass is 16.5. The van der Waals surface area contributed by atoms with Crippen LogP contribution in [-0.2, 0) is 17.8 Å². The zero-order valence-electron chi connectivity index (χ0n) is 16.9. The lowest BCUT2D eigenvalue weighted by Gasteiger charge is -2.39. The molecule has 1 aliphatic heterocycles. The molecule has 158 valence electrons. The van der Waals surface area contributed by atoms with Crippen LogP contribution in [0.1, 0.15) is 21.5 Å². The van der Waals surface area contributed by atoms with Crippen molar-refractivity contribution >= 4 is 17.6 Å². The average molecular weight is 417 g/mol. The number of carboxylic acids is 1. The molecule has 1 saturated heterocycles. The number of aromatic nitrogens is 1. The van der Waals surface area contributed by atoms with E-state index >= 15 is 0 Å². The van der Waals surface area contributed by atoms with E-state index in [4.69, 9.17) is 9.84 Å². The molecule has 7 heteroatoms. The molecular formula is C24H23N3O4. The van der Waals surface area contributed by atoms with Crippen molar-refractivity contribution in [2.75, 3.05) is 18.4 Å². The summed E-state index contributed by atoms with van der Waals surface area (Å²) in [7, 11) is 0. The van der Waals surface area contributed by atoms with Gasteiger partial charge >= 0.3 is 5.97 Å². The number of ether oxygens (including phenoxy) is 1. The Labute approximate surface area is 180 Å². The summed E-state index contributed by atoms with van der Waals surface area (Å²) in [5.41, 5.74) is 2.87. The number of amides is 1. The second-order valence-electron chi connectivity index (χ2n) is 7.55. The second-order valence-corrected chi connectivity index (χ2v) is 7.55. The Morgan fingerprint density at radius 1 is 1.06 bits per heavy atom. The second kappa shape index (κ2) is 9.40. The molecule has 0 unspecified atom stereocenters. The Balaban J connectivity index is 1.22. The highest BCUT2D eigenvalue weighted by Gasteiger charge is 2.28. The van der Waals surface area contributed by atoms with E-state index in [0.29, 0.717) is 17.8 Å². The molecular weight excluding hydrogens is 394 g/mol. The maximum absolute atomic E-state index is 12.1. The van der Waals surface area contributed by atoms with Crippen molar-refractivity contribution in [2.45, 2.75) is 19.1 Å². The van der Waals surface area contributed by atoms with Gasteiger partial charge in [-0.25, -0.2) is 4.79 Å². The summed E-state index contributed by atoms with van der Waals surface area (Å²) in [5, 5.41) is 11.9. The van der Waals surface area contributed by atoms with E-state index in [1.165, 1.54) is 0 Å². The number of carbonyl (C=O) groups is 2. The Morgan fingerprint density at radius 2 is 1.87 bits per heavy atom. The third-order valence-corrected chi connectivity index (χ3v) is 5.04. The number of hydrogen-bond acceptors (Lipinski definition) is 5. The summed E-state index contributed by atoms with van der Waals surface area (Å²) in [6.07, 6.45) is 3.65. The normalized spacial score (nSPS) is 13.9. The van der Waals surface area contributed by atoms with Gasteiger partial charge < -0.3 is 15.2 Å². The number of nitrogens with one attached hydrogen (secondary N) is 1. The smallest absolute Gasteiger partial charge is 0.335 e. The van der Waals surface area contributed by atoms with Crippen molar-refractivity contribution in [1.82, 2.24) is 9.88 Å². The number of benzene rings is 2. The van der Waals surface area contributed by atoms with Crippen molar-refractivity contribution < 1.29 is 19.4 Å². The first kappa shape index (κ1) is 20.6. The quantitative estimate of drug-likeness (QED) is 0.585. The van der Waals surface area contributed by atoms with Gasteiger partial charge in [0.05, 0.1) is 23.9 Å². The highest BCUT2D eigenvalue weighted by molar-refractivity contribution is 5.92. The number of pyridine rings is 1. The standard InChI is InChI=1S/C24H23N3O4/c28-23(26-20-5-2-10-25-13-20)12-17-6-8-21(9-7-17)31-22-15-27(16-22)14-18-3-1-4-19(11-18)24(29)30/h1-11,13,22H,12,14-16H2,(H,26,28)(H,29,30). The molecule has 0 atom stereocenters. The molecule has 4 rings (SSSR count). The predicted molar refractivity (Wildman–Crippen MR) is 116 cm³/mol. The lowest BCUT2D eigenvalue weighted by molar-refractivity contribution is -0.115. The highest BCUT2D eigenvalue weighted by Crippen LogP contribution is 2.21. The number of carbonyl (C=O) groups excluding carboxylic acids is 1. The van der Waals surface area contributed by atoms with E-state index < -0.39 is 5.97 Å². The molecule has 0 saturated carbocycles. The van der Waals surface area contributed by atoms with Gasteiger partial charge in [0.2, 0.25) is 5.91 Å². The van der Waals surface area contributed by atoms with Crippen molar-refractivity contribution in [3.63, 3.8) is 0 Å². The van der Waals surface area contributed by atoms with Crippen LogP contribution in [0.2, 0.25) is 0 Å². The van der Waals surface area contributed by atoms with Gasteiger partial charge in [-0.3, -0.25) is 14.7 Å². The summed E-state index contributed by atoms with van der Waals surface area (Å²) in [6.45, 7) is 2.27. The molecule has 2 aromatic carbocycles. The lowest BCUT2D eigenvalue weighted by Crippen LogP contribution is -2.53. The van der Waals surface area contributed by atoms with Crippen LogP contribution in [-0.4, -0.2) is 46.1 Å². The fourth-order valence-electron chi connectivity index (χ4n) is 3.49. The van der Waals surface area contributed by atoms with Crippen LogP contribution in [0.4, 0.5) is 5.69 Å². The fraction of sp³-hybridized carbons (Fsp3) is 0.208. The summed E-state index contributed by atoms with van der Waals surface area (Å²) in [5.74, 6) is -0.234. The summed E-state index contributed by atoms with van der Waals surface area (Å²) < 4.78 is 5.99. The monoisotopic (exact) mass is 417 g/mol. The van der Waals surface area contributed by atoms with Crippen LogP contribution in [0.15, 0.2) is 73.1 Å². The Bertz CT molecular complexity index is 1050. The summed E-state index contributed by atoms with van der Waals surface area (Å²) in [6, 6.07) is 18.1. The third-order valence-electron chi connectivity index (χ3n) is 5.04. The first-order chi connectivity index (χ1) is 15.0. The number of hydrogen-bond donors (Lipinski definition) is 2. The zero-order valence-corrected chi connectivity index (χ0v) is 16.9. The molecule has 3 aromatic rings. The maximum Gasteiger partial charge on any atom is 0.335 e. The number of carboxylic acid groups (broad SMARTS) is 1. The molecule has 1 amide bonds. The third kappa shape index (κ3) is 5.67. The molecule has 0 radical (unpaired) electrons. The Morgan fingerprint density at radius 3 is 2.58 bits per heavy atom. The van der Waals surface area contributed by atoms with E-state index in [-0.39, 0.29) is 18.4 Å². The van der Waals surface area contributed by atoms with Crippen LogP contribution in [0, 0.1) is 0 Å². The number of rotatable bonds is 8. The van der Waals surface area contributed by atoms with Crippen LogP contribution < -0.4 is 10.1 Å². The SMILES string of the molecule is O=C(Cc1ccc(OC2CN(Cc3cccc(C(=O)O)c3)C2)cc1)Nc1cccnc1. The van der Waals surface area contributed by atoms with Crippen molar-refractivity contribution in [2.24, 2.45) is 0 Å². The molecule has 2 heterocycles. The van der Waals surface area contributed by atoms with Crippen molar-refractivity contribution in [3.05, 3.63) is 89.7 Å². The summed E-state index contributed by atoms with van der Waals surface area (Å²) >= 11 is 0. The molecule has 1 aliphatic rings. The van der Waals surface area contributed by atoms with Gasteiger partial charge in [0.25, 0.3) is 0 Å². The fourth-order valence-corrected chi connectivity index (χ4v) is 3.49. The molecule has 0 aliphatic carbocycles. The van der Waals surface area contributed by atoms with Crippen LogP contribution in [0.25, 0.3) is 0 Å². The van der Waals surface area contributed by atoms with Crippen LogP contribution >= 0.6 is 0 Å². The number of aromatic carboxylic acids is 1.